The minimum atomic E-state index is -1.82. The van der Waals surface area contributed by atoms with Gasteiger partial charge < -0.3 is 19.9 Å². The Kier molecular flexibility index (Phi) is 8.01. The normalized spacial score (nSPS) is 9.39. The quantitative estimate of drug-likeness (QED) is 0.420. The first-order valence-corrected chi connectivity index (χ1v) is 7.12. The van der Waals surface area contributed by atoms with Gasteiger partial charge in [-0.1, -0.05) is 24.4 Å². The van der Waals surface area contributed by atoms with Gasteiger partial charge in [0.25, 0.3) is 0 Å². The molecule has 23 heavy (non-hydrogen) atoms. The molecule has 1 aromatic carbocycles. The molecule has 0 spiro atoms. The number of thiocarbonyl (C=S) groups is 1. The fourth-order valence-electron chi connectivity index (χ4n) is 1.51. The predicted molar refractivity (Wildman–Crippen MR) is 86.9 cm³/mol. The molecule has 0 unspecified atom stereocenters. The van der Waals surface area contributed by atoms with Crippen molar-refractivity contribution in [3.63, 3.8) is 0 Å². The number of hydrogen-bond donors (Lipinski definition) is 3. The molecule has 1 aromatic heterocycles. The molecule has 0 aliphatic carbocycles. The first kappa shape index (κ1) is 18.3. The number of imidazole rings is 1. The number of H-pyrrole nitrogens is 1. The second kappa shape index (κ2) is 10.1. The molecule has 0 fully saturated rings. The summed E-state index contributed by atoms with van der Waals surface area (Å²) in [6.45, 7) is 0.698. The van der Waals surface area contributed by atoms with Crippen molar-refractivity contribution in [3.05, 3.63) is 48.0 Å². The van der Waals surface area contributed by atoms with Crippen LogP contribution in [0.25, 0.3) is 0 Å². The van der Waals surface area contributed by atoms with Crippen LogP contribution in [0, 0.1) is 0 Å². The highest BCUT2D eigenvalue weighted by molar-refractivity contribution is 7.79. The van der Waals surface area contributed by atoms with E-state index < -0.39 is 11.9 Å². The van der Waals surface area contributed by atoms with Gasteiger partial charge in [-0.15, -0.1) is 0 Å². The number of nitrogens with one attached hydrogen (secondary N) is 1. The Morgan fingerprint density at radius 3 is 2.35 bits per heavy atom. The van der Waals surface area contributed by atoms with Crippen molar-refractivity contribution < 1.29 is 24.5 Å². The predicted octanol–water partition coefficient (Wildman–Crippen LogP) is 1.92. The summed E-state index contributed by atoms with van der Waals surface area (Å²) in [5, 5.41) is 16.4. The molecule has 7 nitrogen and oxygen atoms in total. The fourth-order valence-corrected chi connectivity index (χ4v) is 1.67. The van der Waals surface area contributed by atoms with Gasteiger partial charge in [-0.3, -0.25) is 0 Å². The first-order chi connectivity index (χ1) is 11.0. The van der Waals surface area contributed by atoms with Gasteiger partial charge in [0.15, 0.2) is 0 Å². The molecule has 0 aliphatic heterocycles. The van der Waals surface area contributed by atoms with E-state index >= 15 is 0 Å². The molecule has 0 radical (unpaired) electrons. The second-order valence-corrected chi connectivity index (χ2v) is 4.55. The van der Waals surface area contributed by atoms with E-state index in [0.717, 1.165) is 29.8 Å². The molecule has 0 saturated carbocycles. The molecular formula is C15H16N2O5S. The molecule has 8 heteroatoms. The van der Waals surface area contributed by atoms with E-state index in [2.05, 4.69) is 9.97 Å². The van der Waals surface area contributed by atoms with Gasteiger partial charge in [0.05, 0.1) is 18.6 Å². The lowest BCUT2D eigenvalue weighted by molar-refractivity contribution is -0.159. The Bertz CT molecular complexity index is 614. The number of benzene rings is 1. The summed E-state index contributed by atoms with van der Waals surface area (Å²) in [5.74, 6) is -2.77. The Hall–Kier alpha value is -2.74. The summed E-state index contributed by atoms with van der Waals surface area (Å²) in [5.41, 5.74) is 2.11. The van der Waals surface area contributed by atoms with Crippen molar-refractivity contribution in [2.45, 2.75) is 12.8 Å². The number of aromatic amines is 1. The van der Waals surface area contributed by atoms with Gasteiger partial charge in [-0.25, -0.2) is 14.6 Å². The average molecular weight is 336 g/mol. The molecule has 0 saturated heterocycles. The molecule has 0 amide bonds. The van der Waals surface area contributed by atoms with Gasteiger partial charge in [-0.05, 0) is 30.5 Å². The van der Waals surface area contributed by atoms with E-state index in [0.29, 0.717) is 6.61 Å². The van der Waals surface area contributed by atoms with Crippen molar-refractivity contribution >= 4 is 29.5 Å². The summed E-state index contributed by atoms with van der Waals surface area (Å²) in [7, 11) is 0. The van der Waals surface area contributed by atoms with Crippen LogP contribution in [0.15, 0.2) is 36.8 Å². The third kappa shape index (κ3) is 7.72. The molecule has 0 atom stereocenters. The Morgan fingerprint density at radius 2 is 1.87 bits per heavy atom. The molecule has 1 heterocycles. The highest BCUT2D eigenvalue weighted by Gasteiger charge is 2.04. The zero-order chi connectivity index (χ0) is 17.1. The van der Waals surface area contributed by atoms with Gasteiger partial charge in [0.2, 0.25) is 0 Å². The van der Waals surface area contributed by atoms with Crippen LogP contribution in [0.3, 0.4) is 0 Å². The van der Waals surface area contributed by atoms with Crippen LogP contribution in [0.5, 0.6) is 5.75 Å². The number of aryl methyl sites for hydroxylation is 1. The Balaban J connectivity index is 0.000000379. The number of nitrogens with zero attached hydrogens (tertiary/aromatic N) is 1. The smallest absolute Gasteiger partial charge is 0.414 e. The van der Waals surface area contributed by atoms with Crippen LogP contribution in [0.4, 0.5) is 0 Å². The third-order valence-corrected chi connectivity index (χ3v) is 2.87. The fraction of sp³-hybridized carbons (Fsp3) is 0.200. The summed E-state index contributed by atoms with van der Waals surface area (Å²) >= 11 is 4.84. The van der Waals surface area contributed by atoms with Crippen LogP contribution < -0.4 is 4.74 Å². The van der Waals surface area contributed by atoms with Crippen LogP contribution >= 0.6 is 12.2 Å². The minimum Gasteiger partial charge on any atom is -0.494 e. The summed E-state index contributed by atoms with van der Waals surface area (Å²) in [6.07, 6.45) is 5.50. The van der Waals surface area contributed by atoms with Gasteiger partial charge >= 0.3 is 11.9 Å². The standard InChI is InChI=1S/C13H14N2OS.C2H2O4/c17-9-11-3-5-13(6-4-11)16-7-1-2-12-8-14-10-15-12;3-1(4)2(5)6/h3-6,8-10H,1-2,7H2,(H,14,15);(H,3,4)(H,5,6). The maximum atomic E-state index is 9.10. The molecule has 0 aliphatic rings. The number of carboxylic acids is 2. The van der Waals surface area contributed by atoms with E-state index in [9.17, 15) is 0 Å². The lowest BCUT2D eigenvalue weighted by Crippen LogP contribution is -2.09. The van der Waals surface area contributed by atoms with Crippen molar-refractivity contribution in [1.29, 1.82) is 0 Å². The summed E-state index contributed by atoms with van der Waals surface area (Å²) in [4.78, 5) is 25.3. The topological polar surface area (TPSA) is 113 Å². The van der Waals surface area contributed by atoms with E-state index in [1.54, 1.807) is 11.7 Å². The van der Waals surface area contributed by atoms with E-state index in [4.69, 9.17) is 36.8 Å². The molecule has 3 N–H and O–H groups in total. The van der Waals surface area contributed by atoms with Crippen LogP contribution in [-0.2, 0) is 16.0 Å². The maximum absolute atomic E-state index is 9.10. The van der Waals surface area contributed by atoms with Crippen molar-refractivity contribution in [3.8, 4) is 5.75 Å². The first-order valence-electron chi connectivity index (χ1n) is 6.65. The Labute approximate surface area is 137 Å². The minimum absolute atomic E-state index is 0.698. The summed E-state index contributed by atoms with van der Waals surface area (Å²) in [6, 6.07) is 7.78. The van der Waals surface area contributed by atoms with Gasteiger partial charge in [0, 0.05) is 11.6 Å². The maximum Gasteiger partial charge on any atom is 0.414 e. The Morgan fingerprint density at radius 1 is 1.22 bits per heavy atom. The van der Waals surface area contributed by atoms with Crippen LogP contribution in [-0.4, -0.2) is 44.1 Å². The number of rotatable bonds is 6. The lowest BCUT2D eigenvalue weighted by atomic mass is 10.2. The van der Waals surface area contributed by atoms with Crippen molar-refractivity contribution in [1.82, 2.24) is 9.97 Å². The van der Waals surface area contributed by atoms with E-state index in [1.165, 1.54) is 0 Å². The van der Waals surface area contributed by atoms with Gasteiger partial charge in [-0.2, -0.15) is 0 Å². The third-order valence-electron chi connectivity index (χ3n) is 2.60. The molecule has 2 rings (SSSR count). The number of aromatic nitrogens is 2. The van der Waals surface area contributed by atoms with Crippen LogP contribution in [0.2, 0.25) is 0 Å². The van der Waals surface area contributed by atoms with Crippen LogP contribution in [0.1, 0.15) is 17.7 Å². The number of carboxylic acid groups (broad SMARTS) is 2. The zero-order valence-electron chi connectivity index (χ0n) is 12.1. The number of carbonyl (C=O) groups is 2. The largest absolute Gasteiger partial charge is 0.494 e. The number of aliphatic carboxylic acids is 2. The molecule has 0 bridgehead atoms. The molecule has 122 valence electrons. The lowest BCUT2D eigenvalue weighted by Gasteiger charge is -2.05. The SMILES string of the molecule is O=C(O)C(=O)O.S=Cc1ccc(OCCCc2c[nH]cn2)cc1. The average Bonchev–Trinajstić information content (AvgIpc) is 3.06. The number of ether oxygens (including phenoxy) is 1. The van der Waals surface area contributed by atoms with E-state index in [-0.39, 0.29) is 0 Å². The van der Waals surface area contributed by atoms with Crippen molar-refractivity contribution in [2.75, 3.05) is 6.61 Å². The number of hydrogen-bond acceptors (Lipinski definition) is 5. The van der Waals surface area contributed by atoms with Gasteiger partial charge in [0.1, 0.15) is 5.75 Å². The highest BCUT2D eigenvalue weighted by atomic mass is 32.1. The highest BCUT2D eigenvalue weighted by Crippen LogP contribution is 2.11. The molecule has 2 aromatic rings. The monoisotopic (exact) mass is 336 g/mol. The summed E-state index contributed by atoms with van der Waals surface area (Å²) < 4.78 is 5.62. The second-order valence-electron chi connectivity index (χ2n) is 4.31. The molecular weight excluding hydrogens is 320 g/mol. The van der Waals surface area contributed by atoms with Crippen molar-refractivity contribution in [2.24, 2.45) is 0 Å². The van der Waals surface area contributed by atoms with E-state index in [1.807, 2.05) is 30.5 Å². The zero-order valence-corrected chi connectivity index (χ0v) is 13.0.